The molecular weight excluding hydrogens is 470 g/mol. The third-order valence-corrected chi connectivity index (χ3v) is 5.53. The monoisotopic (exact) mass is 486 g/mol. The smallest absolute Gasteiger partial charge is 0.387 e. The van der Waals surface area contributed by atoms with E-state index in [0.29, 0.717) is 16.8 Å². The van der Waals surface area contributed by atoms with Crippen LogP contribution in [0.3, 0.4) is 0 Å². The molecule has 1 aliphatic heterocycles. The maximum Gasteiger partial charge on any atom is 0.387 e. The van der Waals surface area contributed by atoms with Gasteiger partial charge in [-0.15, -0.1) is 5.10 Å². The number of amides is 3. The number of alkyl halides is 2. The zero-order valence-electron chi connectivity index (χ0n) is 17.3. The fraction of sp³-hybridized carbons (Fsp3) is 0.143. The van der Waals surface area contributed by atoms with Crippen molar-refractivity contribution < 1.29 is 27.9 Å². The molecular formula is C21H16F2N6O4S. The predicted molar refractivity (Wildman–Crippen MR) is 117 cm³/mol. The highest BCUT2D eigenvalue weighted by Crippen LogP contribution is 2.32. The summed E-state index contributed by atoms with van der Waals surface area (Å²) in [6.07, 6.45) is 2.88. The number of tetrazole rings is 1. The predicted octanol–water partition coefficient (Wildman–Crippen LogP) is 2.73. The highest BCUT2D eigenvalue weighted by molar-refractivity contribution is 8.18. The van der Waals surface area contributed by atoms with Crippen molar-refractivity contribution in [3.63, 3.8) is 0 Å². The quantitative estimate of drug-likeness (QED) is 0.483. The third kappa shape index (κ3) is 5.43. The Balaban J connectivity index is 1.33. The third-order valence-electron chi connectivity index (χ3n) is 4.62. The first kappa shape index (κ1) is 23.0. The van der Waals surface area contributed by atoms with Crippen LogP contribution >= 0.6 is 11.8 Å². The molecule has 0 saturated carbocycles. The number of hydrogen-bond donors (Lipinski definition) is 1. The Kier molecular flexibility index (Phi) is 6.92. The number of carbonyl (C=O) groups is 3. The number of nitrogens with one attached hydrogen (secondary N) is 1. The molecule has 1 fully saturated rings. The van der Waals surface area contributed by atoms with Crippen LogP contribution < -0.4 is 10.1 Å². The van der Waals surface area contributed by atoms with Crippen LogP contribution in [0.15, 0.2) is 59.8 Å². The summed E-state index contributed by atoms with van der Waals surface area (Å²) in [4.78, 5) is 38.6. The SMILES string of the molecule is O=C(NCCN1C(=O)S/C(=C\c2ccc(OC(F)F)cc2)C1=O)c1cccc(-n2cnnn2)c1. The second kappa shape index (κ2) is 10.2. The molecule has 1 saturated heterocycles. The molecule has 1 N–H and O–H groups in total. The van der Waals surface area contributed by atoms with Gasteiger partial charge in [-0.25, -0.2) is 4.68 Å². The molecule has 3 aromatic rings. The lowest BCUT2D eigenvalue weighted by Crippen LogP contribution is -2.37. The van der Waals surface area contributed by atoms with Gasteiger partial charge in [-0.05, 0) is 64.2 Å². The molecule has 174 valence electrons. The van der Waals surface area contributed by atoms with Gasteiger partial charge in [-0.1, -0.05) is 18.2 Å². The molecule has 0 aliphatic carbocycles. The van der Waals surface area contributed by atoms with Crippen molar-refractivity contribution in [1.82, 2.24) is 30.4 Å². The fourth-order valence-corrected chi connectivity index (χ4v) is 3.91. The van der Waals surface area contributed by atoms with Crippen molar-refractivity contribution in [1.29, 1.82) is 0 Å². The van der Waals surface area contributed by atoms with Crippen LogP contribution in [-0.4, -0.2) is 61.9 Å². The standard InChI is InChI=1S/C21H16F2N6O4S/c22-20(23)33-16-6-4-13(5-7-16)10-17-19(31)28(21(32)34-17)9-8-24-18(30)14-2-1-3-15(11-14)29-12-25-26-27-29/h1-7,10-12,20H,8-9H2,(H,24,30)/b17-10-. The molecule has 2 heterocycles. The number of ether oxygens (including phenoxy) is 1. The Morgan fingerprint density at radius 2 is 1.97 bits per heavy atom. The molecule has 0 spiro atoms. The van der Waals surface area contributed by atoms with Crippen LogP contribution in [0.4, 0.5) is 13.6 Å². The number of thioether (sulfide) groups is 1. The first-order valence-corrected chi connectivity index (χ1v) is 10.6. The van der Waals surface area contributed by atoms with E-state index in [2.05, 4.69) is 25.6 Å². The summed E-state index contributed by atoms with van der Waals surface area (Å²) in [6, 6.07) is 12.3. The highest BCUT2D eigenvalue weighted by Gasteiger charge is 2.34. The summed E-state index contributed by atoms with van der Waals surface area (Å²) in [6.45, 7) is -2.89. The normalized spacial score (nSPS) is 14.8. The number of hydrogen-bond acceptors (Lipinski definition) is 8. The summed E-state index contributed by atoms with van der Waals surface area (Å²) >= 11 is 0.760. The summed E-state index contributed by atoms with van der Waals surface area (Å²) < 4.78 is 30.2. The molecule has 13 heteroatoms. The van der Waals surface area contributed by atoms with Gasteiger partial charge < -0.3 is 10.1 Å². The van der Waals surface area contributed by atoms with E-state index in [-0.39, 0.29) is 29.7 Å². The molecule has 0 bridgehead atoms. The lowest BCUT2D eigenvalue weighted by atomic mass is 10.2. The van der Waals surface area contributed by atoms with Gasteiger partial charge >= 0.3 is 6.61 Å². The Morgan fingerprint density at radius 3 is 2.68 bits per heavy atom. The summed E-state index contributed by atoms with van der Waals surface area (Å²) in [5.74, 6) is -0.902. The van der Waals surface area contributed by atoms with E-state index < -0.39 is 17.8 Å². The van der Waals surface area contributed by atoms with Crippen molar-refractivity contribution in [3.8, 4) is 11.4 Å². The first-order chi connectivity index (χ1) is 16.4. The van der Waals surface area contributed by atoms with Crippen LogP contribution in [0.5, 0.6) is 5.75 Å². The van der Waals surface area contributed by atoms with Gasteiger partial charge in [0.2, 0.25) is 0 Å². The minimum absolute atomic E-state index is 0.0123. The van der Waals surface area contributed by atoms with E-state index in [1.807, 2.05) is 0 Å². The van der Waals surface area contributed by atoms with E-state index in [1.165, 1.54) is 41.4 Å². The number of nitrogens with zero attached hydrogens (tertiary/aromatic N) is 5. The molecule has 4 rings (SSSR count). The minimum Gasteiger partial charge on any atom is -0.435 e. The van der Waals surface area contributed by atoms with E-state index in [4.69, 9.17) is 0 Å². The van der Waals surface area contributed by atoms with Gasteiger partial charge in [0.05, 0.1) is 10.6 Å². The van der Waals surface area contributed by atoms with E-state index in [9.17, 15) is 23.2 Å². The van der Waals surface area contributed by atoms with Crippen molar-refractivity contribution in [2.45, 2.75) is 6.61 Å². The molecule has 0 atom stereocenters. The van der Waals surface area contributed by atoms with Gasteiger partial charge in [-0.3, -0.25) is 19.3 Å². The lowest BCUT2D eigenvalue weighted by Gasteiger charge is -2.13. The average molecular weight is 486 g/mol. The van der Waals surface area contributed by atoms with E-state index >= 15 is 0 Å². The summed E-state index contributed by atoms with van der Waals surface area (Å²) in [5.41, 5.74) is 1.51. The van der Waals surface area contributed by atoms with Crippen molar-refractivity contribution in [3.05, 3.63) is 70.9 Å². The lowest BCUT2D eigenvalue weighted by molar-refractivity contribution is -0.122. The average Bonchev–Trinajstić information content (AvgIpc) is 3.45. The topological polar surface area (TPSA) is 119 Å². The number of imide groups is 1. The molecule has 2 aromatic carbocycles. The van der Waals surface area contributed by atoms with Crippen LogP contribution in [0.2, 0.25) is 0 Å². The molecule has 1 aliphatic rings. The fourth-order valence-electron chi connectivity index (χ4n) is 3.04. The zero-order valence-corrected chi connectivity index (χ0v) is 18.1. The van der Waals surface area contributed by atoms with Crippen molar-refractivity contribution >= 4 is 34.9 Å². The van der Waals surface area contributed by atoms with Gasteiger partial charge in [0, 0.05) is 18.7 Å². The number of rotatable bonds is 8. The van der Waals surface area contributed by atoms with Crippen LogP contribution in [0.25, 0.3) is 11.8 Å². The Bertz CT molecular complexity index is 1230. The van der Waals surface area contributed by atoms with Crippen LogP contribution in [-0.2, 0) is 4.79 Å². The van der Waals surface area contributed by atoms with Crippen LogP contribution in [0, 0.1) is 0 Å². The van der Waals surface area contributed by atoms with Gasteiger partial charge in [0.1, 0.15) is 12.1 Å². The molecule has 0 radical (unpaired) electrons. The highest BCUT2D eigenvalue weighted by atomic mass is 32.2. The molecule has 1 aromatic heterocycles. The zero-order chi connectivity index (χ0) is 24.1. The maximum absolute atomic E-state index is 12.6. The summed E-state index contributed by atoms with van der Waals surface area (Å²) in [7, 11) is 0. The Morgan fingerprint density at radius 1 is 1.18 bits per heavy atom. The maximum atomic E-state index is 12.6. The van der Waals surface area contributed by atoms with Crippen LogP contribution in [0.1, 0.15) is 15.9 Å². The molecule has 34 heavy (non-hydrogen) atoms. The summed E-state index contributed by atoms with van der Waals surface area (Å²) in [5, 5.41) is 13.1. The number of halogens is 2. The van der Waals surface area contributed by atoms with E-state index in [0.717, 1.165) is 16.7 Å². The number of aromatic nitrogens is 4. The van der Waals surface area contributed by atoms with Gasteiger partial charge in [-0.2, -0.15) is 8.78 Å². The number of benzene rings is 2. The van der Waals surface area contributed by atoms with Gasteiger partial charge in [0.15, 0.2) is 0 Å². The second-order valence-electron chi connectivity index (χ2n) is 6.84. The Labute approximate surface area is 195 Å². The second-order valence-corrected chi connectivity index (χ2v) is 7.83. The molecule has 3 amide bonds. The molecule has 0 unspecified atom stereocenters. The van der Waals surface area contributed by atoms with E-state index in [1.54, 1.807) is 24.3 Å². The Hall–Kier alpha value is -4.13. The number of carbonyl (C=O) groups excluding carboxylic acids is 3. The first-order valence-electron chi connectivity index (χ1n) is 9.82. The van der Waals surface area contributed by atoms with Gasteiger partial charge in [0.25, 0.3) is 17.1 Å². The van der Waals surface area contributed by atoms with Crippen molar-refractivity contribution in [2.24, 2.45) is 0 Å². The van der Waals surface area contributed by atoms with Crippen molar-refractivity contribution in [2.75, 3.05) is 13.1 Å². The molecule has 10 nitrogen and oxygen atoms in total. The minimum atomic E-state index is -2.93. The largest absolute Gasteiger partial charge is 0.435 e.